The van der Waals surface area contributed by atoms with E-state index in [0.29, 0.717) is 31.3 Å². The van der Waals surface area contributed by atoms with Crippen molar-refractivity contribution in [2.45, 2.75) is 45.6 Å². The number of carbonyl (C=O) groups is 1. The van der Waals surface area contributed by atoms with Crippen molar-refractivity contribution in [3.05, 3.63) is 82.9 Å². The Morgan fingerprint density at radius 2 is 1.93 bits per heavy atom. The summed E-state index contributed by atoms with van der Waals surface area (Å²) in [5.41, 5.74) is 4.67. The van der Waals surface area contributed by atoms with Crippen molar-refractivity contribution in [1.29, 1.82) is 0 Å². The Morgan fingerprint density at radius 1 is 1.20 bits per heavy atom. The molecule has 0 fully saturated rings. The number of aromatic nitrogens is 2. The molecule has 4 rings (SSSR count). The molecule has 1 aliphatic rings. The molecule has 0 spiro atoms. The van der Waals surface area contributed by atoms with E-state index in [9.17, 15) is 4.79 Å². The number of imidazole rings is 1. The van der Waals surface area contributed by atoms with E-state index in [1.807, 2.05) is 28.8 Å². The number of amides is 1. The Bertz CT molecular complexity index is 1010. The molecule has 30 heavy (non-hydrogen) atoms. The lowest BCUT2D eigenvalue weighted by Gasteiger charge is -2.25. The SMILES string of the molecule is COc1ccc([C@H]2Cn3cnc(C(=O)NCc4ccc(C(C)C)cc4)c3CO2)cc1. The lowest BCUT2D eigenvalue weighted by molar-refractivity contribution is 0.00255. The van der Waals surface area contributed by atoms with Crippen LogP contribution < -0.4 is 10.1 Å². The summed E-state index contributed by atoms with van der Waals surface area (Å²) in [6.07, 6.45) is 1.65. The minimum Gasteiger partial charge on any atom is -0.497 e. The zero-order valence-corrected chi connectivity index (χ0v) is 17.6. The van der Waals surface area contributed by atoms with E-state index in [-0.39, 0.29) is 12.0 Å². The van der Waals surface area contributed by atoms with Crippen molar-refractivity contribution < 1.29 is 14.3 Å². The van der Waals surface area contributed by atoms with E-state index in [0.717, 1.165) is 22.6 Å². The fourth-order valence-corrected chi connectivity index (χ4v) is 3.62. The van der Waals surface area contributed by atoms with Crippen LogP contribution in [-0.2, 0) is 24.4 Å². The van der Waals surface area contributed by atoms with Gasteiger partial charge in [-0.15, -0.1) is 0 Å². The van der Waals surface area contributed by atoms with Crippen LogP contribution in [0.3, 0.4) is 0 Å². The third kappa shape index (κ3) is 4.24. The Labute approximate surface area is 176 Å². The molecule has 3 aromatic rings. The standard InChI is InChI=1S/C24H27N3O3/c1-16(2)18-6-4-17(5-7-18)12-25-24(28)23-21-14-30-22(13-27(21)15-26-23)19-8-10-20(29-3)11-9-19/h4-11,15-16,22H,12-14H2,1-3H3,(H,25,28)/t22-/m1/s1. The predicted octanol–water partition coefficient (Wildman–Crippen LogP) is 4.22. The van der Waals surface area contributed by atoms with E-state index in [2.05, 4.69) is 48.4 Å². The third-order valence-electron chi connectivity index (χ3n) is 5.53. The number of methoxy groups -OCH3 is 1. The maximum Gasteiger partial charge on any atom is 0.272 e. The predicted molar refractivity (Wildman–Crippen MR) is 114 cm³/mol. The summed E-state index contributed by atoms with van der Waals surface area (Å²) in [5.74, 6) is 1.13. The lowest BCUT2D eigenvalue weighted by Crippen LogP contribution is -2.27. The molecule has 6 heteroatoms. The highest BCUT2D eigenvalue weighted by molar-refractivity contribution is 5.93. The molecule has 0 saturated heterocycles. The zero-order chi connectivity index (χ0) is 21.1. The third-order valence-corrected chi connectivity index (χ3v) is 5.53. The molecule has 156 valence electrons. The number of nitrogens with one attached hydrogen (secondary N) is 1. The fraction of sp³-hybridized carbons (Fsp3) is 0.333. The van der Waals surface area contributed by atoms with Gasteiger partial charge in [0.15, 0.2) is 5.69 Å². The topological polar surface area (TPSA) is 65.4 Å². The summed E-state index contributed by atoms with van der Waals surface area (Å²) in [4.78, 5) is 17.0. The fourth-order valence-electron chi connectivity index (χ4n) is 3.62. The highest BCUT2D eigenvalue weighted by atomic mass is 16.5. The number of fused-ring (bicyclic) bond motifs is 1. The van der Waals surface area contributed by atoms with Gasteiger partial charge in [-0.3, -0.25) is 4.79 Å². The Kier molecular flexibility index (Phi) is 5.86. The summed E-state index contributed by atoms with van der Waals surface area (Å²) in [6.45, 7) is 5.78. The first-order chi connectivity index (χ1) is 14.5. The van der Waals surface area contributed by atoms with Crippen LogP contribution in [-0.4, -0.2) is 22.6 Å². The van der Waals surface area contributed by atoms with E-state index in [1.54, 1.807) is 13.4 Å². The van der Waals surface area contributed by atoms with Crippen molar-refractivity contribution >= 4 is 5.91 Å². The Balaban J connectivity index is 1.39. The van der Waals surface area contributed by atoms with Crippen molar-refractivity contribution in [1.82, 2.24) is 14.9 Å². The number of rotatable bonds is 6. The maximum atomic E-state index is 12.7. The van der Waals surface area contributed by atoms with E-state index >= 15 is 0 Å². The van der Waals surface area contributed by atoms with Crippen molar-refractivity contribution in [3.8, 4) is 5.75 Å². The molecular formula is C24H27N3O3. The van der Waals surface area contributed by atoms with Gasteiger partial charge < -0.3 is 19.4 Å². The van der Waals surface area contributed by atoms with Crippen LogP contribution in [0.15, 0.2) is 54.9 Å². The number of hydrogen-bond acceptors (Lipinski definition) is 4. The molecule has 1 N–H and O–H groups in total. The van der Waals surface area contributed by atoms with Gasteiger partial charge in [0.1, 0.15) is 11.9 Å². The minimum absolute atomic E-state index is 0.0759. The second kappa shape index (κ2) is 8.71. The largest absolute Gasteiger partial charge is 0.497 e. The molecule has 1 atom stereocenters. The second-order valence-electron chi connectivity index (χ2n) is 7.84. The monoisotopic (exact) mass is 405 g/mol. The van der Waals surface area contributed by atoms with E-state index in [1.165, 1.54) is 5.56 Å². The molecule has 2 aromatic carbocycles. The van der Waals surface area contributed by atoms with Crippen LogP contribution in [0.5, 0.6) is 5.75 Å². The quantitative estimate of drug-likeness (QED) is 0.667. The van der Waals surface area contributed by atoms with Crippen LogP contribution in [0, 0.1) is 0 Å². The number of ether oxygens (including phenoxy) is 2. The first-order valence-corrected chi connectivity index (χ1v) is 10.2. The van der Waals surface area contributed by atoms with Crippen LogP contribution in [0.4, 0.5) is 0 Å². The molecule has 2 heterocycles. The van der Waals surface area contributed by atoms with Gasteiger partial charge in [-0.05, 0) is 34.7 Å². The average Bonchev–Trinajstić information content (AvgIpc) is 3.21. The summed E-state index contributed by atoms with van der Waals surface area (Å²) < 4.78 is 13.2. The molecule has 0 aliphatic carbocycles. The molecule has 0 unspecified atom stereocenters. The number of benzene rings is 2. The average molecular weight is 405 g/mol. The van der Waals surface area contributed by atoms with Gasteiger partial charge >= 0.3 is 0 Å². The zero-order valence-electron chi connectivity index (χ0n) is 17.6. The van der Waals surface area contributed by atoms with Gasteiger partial charge in [0.05, 0.1) is 32.3 Å². The highest BCUT2D eigenvalue weighted by Gasteiger charge is 2.26. The van der Waals surface area contributed by atoms with Gasteiger partial charge in [0.25, 0.3) is 5.91 Å². The normalized spacial score (nSPS) is 15.7. The van der Waals surface area contributed by atoms with Gasteiger partial charge in [-0.2, -0.15) is 0 Å². The summed E-state index contributed by atoms with van der Waals surface area (Å²) >= 11 is 0. The van der Waals surface area contributed by atoms with Crippen molar-refractivity contribution in [2.24, 2.45) is 0 Å². The van der Waals surface area contributed by atoms with Crippen molar-refractivity contribution in [3.63, 3.8) is 0 Å². The van der Waals surface area contributed by atoms with Gasteiger partial charge in [-0.25, -0.2) is 4.98 Å². The van der Waals surface area contributed by atoms with Crippen molar-refractivity contribution in [2.75, 3.05) is 7.11 Å². The first kappa shape index (κ1) is 20.2. The number of hydrogen-bond donors (Lipinski definition) is 1. The summed E-state index contributed by atoms with van der Waals surface area (Å²) in [6, 6.07) is 16.2. The van der Waals surface area contributed by atoms with Crippen LogP contribution in [0.25, 0.3) is 0 Å². The minimum atomic E-state index is -0.178. The molecular weight excluding hydrogens is 378 g/mol. The number of carbonyl (C=O) groups excluding carboxylic acids is 1. The Hall–Kier alpha value is -3.12. The first-order valence-electron chi connectivity index (χ1n) is 10.2. The van der Waals surface area contributed by atoms with Crippen LogP contribution >= 0.6 is 0 Å². The smallest absolute Gasteiger partial charge is 0.272 e. The van der Waals surface area contributed by atoms with Crippen LogP contribution in [0.1, 0.15) is 58.7 Å². The Morgan fingerprint density at radius 3 is 2.60 bits per heavy atom. The molecule has 0 saturated carbocycles. The van der Waals surface area contributed by atoms with Crippen LogP contribution in [0.2, 0.25) is 0 Å². The molecule has 0 bridgehead atoms. The summed E-state index contributed by atoms with van der Waals surface area (Å²) in [5, 5.41) is 2.97. The molecule has 1 aromatic heterocycles. The van der Waals surface area contributed by atoms with Gasteiger partial charge in [-0.1, -0.05) is 50.2 Å². The van der Waals surface area contributed by atoms with E-state index < -0.39 is 0 Å². The highest BCUT2D eigenvalue weighted by Crippen LogP contribution is 2.28. The lowest BCUT2D eigenvalue weighted by atomic mass is 10.0. The number of nitrogens with zero attached hydrogens (tertiary/aromatic N) is 2. The molecule has 0 radical (unpaired) electrons. The second-order valence-corrected chi connectivity index (χ2v) is 7.84. The van der Waals surface area contributed by atoms with E-state index in [4.69, 9.17) is 9.47 Å². The molecule has 1 aliphatic heterocycles. The molecule has 1 amide bonds. The maximum absolute atomic E-state index is 12.7. The summed E-state index contributed by atoms with van der Waals surface area (Å²) in [7, 11) is 1.65. The van der Waals surface area contributed by atoms with Gasteiger partial charge in [0.2, 0.25) is 0 Å². The van der Waals surface area contributed by atoms with Gasteiger partial charge in [0, 0.05) is 6.54 Å². The molecule has 6 nitrogen and oxygen atoms in total.